The van der Waals surface area contributed by atoms with Crippen molar-refractivity contribution in [3.8, 4) is 5.75 Å². The second kappa shape index (κ2) is 5.96. The lowest BCUT2D eigenvalue weighted by Gasteiger charge is -2.28. The molecule has 1 aliphatic heterocycles. The van der Waals surface area contributed by atoms with E-state index in [0.717, 1.165) is 30.6 Å². The lowest BCUT2D eigenvalue weighted by Crippen LogP contribution is -2.33. The van der Waals surface area contributed by atoms with Gasteiger partial charge in [-0.15, -0.1) is 0 Å². The van der Waals surface area contributed by atoms with E-state index in [1.54, 1.807) is 7.11 Å². The zero-order chi connectivity index (χ0) is 13.9. The highest BCUT2D eigenvalue weighted by Crippen LogP contribution is 2.34. The molecule has 2 aliphatic rings. The zero-order valence-electron chi connectivity index (χ0n) is 12.1. The fraction of sp³-hybridized carbons (Fsp3) is 0.588. The summed E-state index contributed by atoms with van der Waals surface area (Å²) in [5.74, 6) is 1.24. The summed E-state index contributed by atoms with van der Waals surface area (Å²) in [5.41, 5.74) is 1.85. The van der Waals surface area contributed by atoms with E-state index in [1.807, 2.05) is 18.2 Å². The number of benzene rings is 1. The Kier molecular flexibility index (Phi) is 4.06. The molecule has 108 valence electrons. The van der Waals surface area contributed by atoms with Crippen molar-refractivity contribution in [2.24, 2.45) is 5.92 Å². The molecule has 0 spiro atoms. The van der Waals surface area contributed by atoms with Crippen molar-refractivity contribution in [3.63, 3.8) is 0 Å². The number of hydrogen-bond donors (Lipinski definition) is 0. The Labute approximate surface area is 120 Å². The molecule has 1 fully saturated rings. The first kappa shape index (κ1) is 13.6. The normalized spacial score (nSPS) is 20.2. The first-order valence-electron chi connectivity index (χ1n) is 7.63. The molecule has 1 heterocycles. The lowest BCUT2D eigenvalue weighted by molar-refractivity contribution is 0.0312. The zero-order valence-corrected chi connectivity index (χ0v) is 12.1. The number of rotatable bonds is 4. The second-order valence-electron chi connectivity index (χ2n) is 5.81. The van der Waals surface area contributed by atoms with Crippen molar-refractivity contribution >= 4 is 5.78 Å². The van der Waals surface area contributed by atoms with Crippen molar-refractivity contribution < 1.29 is 14.3 Å². The summed E-state index contributed by atoms with van der Waals surface area (Å²) in [4.78, 5) is 12.8. The third-order valence-electron chi connectivity index (χ3n) is 4.57. The smallest absolute Gasteiger partial charge is 0.195 e. The Balaban J connectivity index is 1.85. The van der Waals surface area contributed by atoms with E-state index >= 15 is 0 Å². The molecule has 3 nitrogen and oxygen atoms in total. The van der Waals surface area contributed by atoms with Crippen LogP contribution in [0.3, 0.4) is 0 Å². The molecular formula is C17H22O3. The molecule has 0 radical (unpaired) electrons. The highest BCUT2D eigenvalue weighted by molar-refractivity contribution is 6.02. The number of para-hydroxylation sites is 1. The highest BCUT2D eigenvalue weighted by atomic mass is 16.5. The average molecular weight is 274 g/mol. The van der Waals surface area contributed by atoms with Gasteiger partial charge in [-0.3, -0.25) is 4.79 Å². The standard InChI is InChI=1S/C17H22O3/c1-19-17(12-6-3-2-4-7-12)15(18)14-9-5-8-13-10-11-20-16(13)14/h5,8-9,12,17H,2-4,6-7,10-11H2,1H3. The van der Waals surface area contributed by atoms with E-state index in [0.29, 0.717) is 18.1 Å². The number of carbonyl (C=O) groups is 1. The van der Waals surface area contributed by atoms with E-state index in [1.165, 1.54) is 19.3 Å². The SMILES string of the molecule is COC(C(=O)c1cccc2c1OCC2)C1CCCCC1. The van der Waals surface area contributed by atoms with Crippen LogP contribution < -0.4 is 4.74 Å². The Bertz CT molecular complexity index is 489. The molecule has 0 bridgehead atoms. The fourth-order valence-electron chi connectivity index (χ4n) is 3.51. The summed E-state index contributed by atoms with van der Waals surface area (Å²) in [6, 6.07) is 5.87. The predicted molar refractivity (Wildman–Crippen MR) is 77.3 cm³/mol. The third kappa shape index (κ3) is 2.47. The van der Waals surface area contributed by atoms with Crippen molar-refractivity contribution in [2.75, 3.05) is 13.7 Å². The molecule has 0 saturated heterocycles. The first-order chi connectivity index (χ1) is 9.81. The lowest BCUT2D eigenvalue weighted by atomic mass is 9.82. The maximum Gasteiger partial charge on any atom is 0.195 e. The molecule has 20 heavy (non-hydrogen) atoms. The predicted octanol–water partition coefficient (Wildman–Crippen LogP) is 3.40. The van der Waals surface area contributed by atoms with E-state index in [-0.39, 0.29) is 11.9 Å². The number of hydrogen-bond acceptors (Lipinski definition) is 3. The van der Waals surface area contributed by atoms with E-state index in [9.17, 15) is 4.79 Å². The molecule has 1 aliphatic carbocycles. The molecule has 1 unspecified atom stereocenters. The van der Waals surface area contributed by atoms with Gasteiger partial charge in [0.25, 0.3) is 0 Å². The molecule has 1 aromatic rings. The molecule has 0 amide bonds. The monoisotopic (exact) mass is 274 g/mol. The minimum Gasteiger partial charge on any atom is -0.492 e. The average Bonchev–Trinajstić information content (AvgIpc) is 2.97. The molecule has 3 heteroatoms. The summed E-state index contributed by atoms with van der Waals surface area (Å²) < 4.78 is 11.2. The maximum atomic E-state index is 12.8. The van der Waals surface area contributed by atoms with Crippen LogP contribution in [0.4, 0.5) is 0 Å². The van der Waals surface area contributed by atoms with Crippen LogP contribution in [-0.4, -0.2) is 25.6 Å². The number of ketones is 1. The number of Topliss-reactive ketones (excluding diaryl/α,β-unsaturated/α-hetero) is 1. The minimum absolute atomic E-state index is 0.0955. The van der Waals surface area contributed by atoms with Crippen LogP contribution in [0.1, 0.15) is 48.0 Å². The Morgan fingerprint density at radius 1 is 1.30 bits per heavy atom. The largest absolute Gasteiger partial charge is 0.492 e. The molecule has 1 aromatic carbocycles. The van der Waals surface area contributed by atoms with Crippen molar-refractivity contribution in [1.29, 1.82) is 0 Å². The van der Waals surface area contributed by atoms with Gasteiger partial charge < -0.3 is 9.47 Å². The van der Waals surface area contributed by atoms with Gasteiger partial charge in [-0.05, 0) is 30.4 Å². The quantitative estimate of drug-likeness (QED) is 0.789. The highest BCUT2D eigenvalue weighted by Gasteiger charge is 2.32. The van der Waals surface area contributed by atoms with Gasteiger partial charge in [0.15, 0.2) is 5.78 Å². The van der Waals surface area contributed by atoms with Crippen LogP contribution in [0, 0.1) is 5.92 Å². The molecular weight excluding hydrogens is 252 g/mol. The van der Waals surface area contributed by atoms with Crippen LogP contribution in [0.15, 0.2) is 18.2 Å². The number of methoxy groups -OCH3 is 1. The number of fused-ring (bicyclic) bond motifs is 1. The van der Waals surface area contributed by atoms with Gasteiger partial charge in [0.05, 0.1) is 12.2 Å². The van der Waals surface area contributed by atoms with Gasteiger partial charge in [0.2, 0.25) is 0 Å². The molecule has 1 saturated carbocycles. The van der Waals surface area contributed by atoms with Crippen molar-refractivity contribution in [3.05, 3.63) is 29.3 Å². The summed E-state index contributed by atoms with van der Waals surface area (Å²) >= 11 is 0. The summed E-state index contributed by atoms with van der Waals surface area (Å²) in [5, 5.41) is 0. The van der Waals surface area contributed by atoms with Gasteiger partial charge in [0.1, 0.15) is 11.9 Å². The number of ether oxygens (including phenoxy) is 2. The summed E-state index contributed by atoms with van der Waals surface area (Å²) in [6.07, 6.45) is 6.48. The first-order valence-corrected chi connectivity index (χ1v) is 7.63. The molecule has 0 aromatic heterocycles. The Morgan fingerprint density at radius 2 is 2.10 bits per heavy atom. The van der Waals surface area contributed by atoms with Crippen LogP contribution >= 0.6 is 0 Å². The van der Waals surface area contributed by atoms with E-state index in [2.05, 4.69) is 0 Å². The maximum absolute atomic E-state index is 12.8. The van der Waals surface area contributed by atoms with Crippen molar-refractivity contribution in [2.45, 2.75) is 44.6 Å². The van der Waals surface area contributed by atoms with Gasteiger partial charge in [-0.1, -0.05) is 31.4 Å². The second-order valence-corrected chi connectivity index (χ2v) is 5.81. The fourth-order valence-corrected chi connectivity index (χ4v) is 3.51. The van der Waals surface area contributed by atoms with Crippen LogP contribution in [-0.2, 0) is 11.2 Å². The van der Waals surface area contributed by atoms with Gasteiger partial charge in [0, 0.05) is 13.5 Å². The summed E-state index contributed by atoms with van der Waals surface area (Å²) in [6.45, 7) is 0.681. The minimum atomic E-state index is -0.314. The van der Waals surface area contributed by atoms with Gasteiger partial charge in [-0.25, -0.2) is 0 Å². The van der Waals surface area contributed by atoms with Crippen LogP contribution in [0.5, 0.6) is 5.75 Å². The Hall–Kier alpha value is -1.35. The molecule has 0 N–H and O–H groups in total. The Morgan fingerprint density at radius 3 is 2.85 bits per heavy atom. The van der Waals surface area contributed by atoms with Crippen LogP contribution in [0.25, 0.3) is 0 Å². The topological polar surface area (TPSA) is 35.5 Å². The number of carbonyl (C=O) groups excluding carboxylic acids is 1. The third-order valence-corrected chi connectivity index (χ3v) is 4.57. The van der Waals surface area contributed by atoms with E-state index < -0.39 is 0 Å². The van der Waals surface area contributed by atoms with Gasteiger partial charge in [-0.2, -0.15) is 0 Å². The molecule has 1 atom stereocenters. The van der Waals surface area contributed by atoms with Crippen LogP contribution in [0.2, 0.25) is 0 Å². The van der Waals surface area contributed by atoms with Gasteiger partial charge >= 0.3 is 0 Å². The van der Waals surface area contributed by atoms with E-state index in [4.69, 9.17) is 9.47 Å². The summed E-state index contributed by atoms with van der Waals surface area (Å²) in [7, 11) is 1.65. The van der Waals surface area contributed by atoms with Crippen molar-refractivity contribution in [1.82, 2.24) is 0 Å². The molecule has 3 rings (SSSR count).